The van der Waals surface area contributed by atoms with Gasteiger partial charge in [-0.05, 0) is 55.6 Å². The molecule has 1 aliphatic rings. The van der Waals surface area contributed by atoms with Gasteiger partial charge in [0.15, 0.2) is 5.65 Å². The largest absolute Gasteiger partial charge is 0.484 e. The van der Waals surface area contributed by atoms with Crippen molar-refractivity contribution in [3.8, 4) is 5.75 Å². The van der Waals surface area contributed by atoms with E-state index in [0.717, 1.165) is 34.8 Å². The first-order chi connectivity index (χ1) is 22.2. The maximum absolute atomic E-state index is 13.3. The Balaban J connectivity index is 1.30. The SMILES string of the molecule is CN(C)CCNC(=O)c1nc(NC(=O)N[C@H]2CC[C@@H](Oc3ccc4nnc(CC(C)(C)C)n4c3)c3ccccc32)cc(C(C)(C)C)n1. The van der Waals surface area contributed by atoms with Gasteiger partial charge in [0.05, 0.1) is 17.9 Å². The molecule has 0 saturated carbocycles. The monoisotopic (exact) mass is 641 g/mol. The molecule has 4 aromatic rings. The fourth-order valence-electron chi connectivity index (χ4n) is 5.55. The lowest BCUT2D eigenvalue weighted by Gasteiger charge is -2.32. The van der Waals surface area contributed by atoms with Crippen LogP contribution in [0.25, 0.3) is 5.65 Å². The zero-order valence-corrected chi connectivity index (χ0v) is 28.7. The van der Waals surface area contributed by atoms with Gasteiger partial charge in [0, 0.05) is 31.0 Å². The van der Waals surface area contributed by atoms with Gasteiger partial charge in [-0.3, -0.25) is 14.5 Å². The van der Waals surface area contributed by atoms with Gasteiger partial charge >= 0.3 is 6.03 Å². The Bertz CT molecular complexity index is 1740. The van der Waals surface area contributed by atoms with Gasteiger partial charge in [0.25, 0.3) is 5.91 Å². The van der Waals surface area contributed by atoms with E-state index in [4.69, 9.17) is 4.74 Å². The van der Waals surface area contributed by atoms with Crippen LogP contribution in [-0.2, 0) is 11.8 Å². The summed E-state index contributed by atoms with van der Waals surface area (Å²) in [5.41, 5.74) is 3.17. The van der Waals surface area contributed by atoms with Crippen molar-refractivity contribution in [1.82, 2.24) is 40.1 Å². The number of ether oxygens (including phenoxy) is 1. The van der Waals surface area contributed by atoms with Crippen molar-refractivity contribution in [2.24, 2.45) is 5.41 Å². The molecule has 0 unspecified atom stereocenters. The number of carbonyl (C=O) groups excluding carboxylic acids is 2. The minimum Gasteiger partial charge on any atom is -0.484 e. The van der Waals surface area contributed by atoms with Gasteiger partial charge in [-0.25, -0.2) is 14.8 Å². The van der Waals surface area contributed by atoms with Gasteiger partial charge in [-0.15, -0.1) is 10.2 Å². The number of aromatic nitrogens is 5. The lowest BCUT2D eigenvalue weighted by molar-refractivity contribution is 0.0940. The van der Waals surface area contributed by atoms with E-state index in [1.807, 2.05) is 80.7 Å². The number of likely N-dealkylation sites (N-methyl/N-ethyl adjacent to an activating group) is 1. The second kappa shape index (κ2) is 13.6. The Hall–Kier alpha value is -4.58. The van der Waals surface area contributed by atoms with E-state index in [2.05, 4.69) is 63.0 Å². The van der Waals surface area contributed by atoms with Crippen molar-refractivity contribution < 1.29 is 14.3 Å². The molecule has 2 atom stereocenters. The van der Waals surface area contributed by atoms with Crippen molar-refractivity contribution in [3.05, 3.63) is 77.1 Å². The lowest BCUT2D eigenvalue weighted by Crippen LogP contribution is -2.36. The Kier molecular flexibility index (Phi) is 9.81. The highest BCUT2D eigenvalue weighted by molar-refractivity contribution is 5.92. The summed E-state index contributed by atoms with van der Waals surface area (Å²) in [6, 6.07) is 13.0. The molecular formula is C35H47N9O3. The van der Waals surface area contributed by atoms with E-state index >= 15 is 0 Å². The van der Waals surface area contributed by atoms with E-state index in [0.29, 0.717) is 31.6 Å². The topological polar surface area (TPSA) is 139 Å². The highest BCUT2D eigenvalue weighted by Crippen LogP contribution is 2.39. The van der Waals surface area contributed by atoms with E-state index in [1.54, 1.807) is 6.07 Å². The molecule has 3 aromatic heterocycles. The summed E-state index contributed by atoms with van der Waals surface area (Å²) in [4.78, 5) is 37.1. The number of carbonyl (C=O) groups is 2. The number of fused-ring (bicyclic) bond motifs is 2. The van der Waals surface area contributed by atoms with Crippen LogP contribution in [0.1, 0.15) is 99.8 Å². The lowest BCUT2D eigenvalue weighted by atomic mass is 9.85. The molecule has 3 N–H and O–H groups in total. The third-order valence-electron chi connectivity index (χ3n) is 7.94. The predicted octanol–water partition coefficient (Wildman–Crippen LogP) is 5.47. The maximum atomic E-state index is 13.3. The molecule has 1 aliphatic carbocycles. The first-order valence-corrected chi connectivity index (χ1v) is 16.2. The molecule has 0 saturated heterocycles. The van der Waals surface area contributed by atoms with Crippen LogP contribution in [0.4, 0.5) is 10.6 Å². The Morgan fingerprint density at radius 2 is 1.72 bits per heavy atom. The molecule has 0 bridgehead atoms. The molecule has 12 heteroatoms. The van der Waals surface area contributed by atoms with Gasteiger partial charge < -0.3 is 20.3 Å². The minimum atomic E-state index is -0.411. The molecule has 3 heterocycles. The number of hydrogen-bond donors (Lipinski definition) is 3. The summed E-state index contributed by atoms with van der Waals surface area (Å²) < 4.78 is 8.55. The smallest absolute Gasteiger partial charge is 0.320 e. The second-order valence-electron chi connectivity index (χ2n) is 14.7. The number of urea groups is 1. The second-order valence-corrected chi connectivity index (χ2v) is 14.7. The maximum Gasteiger partial charge on any atom is 0.320 e. The number of pyridine rings is 1. The van der Waals surface area contributed by atoms with Crippen LogP contribution in [0.15, 0.2) is 48.7 Å². The highest BCUT2D eigenvalue weighted by Gasteiger charge is 2.30. The molecule has 0 fully saturated rings. The number of rotatable bonds is 9. The van der Waals surface area contributed by atoms with Gasteiger partial charge in [0.2, 0.25) is 5.82 Å². The summed E-state index contributed by atoms with van der Waals surface area (Å²) in [6.45, 7) is 13.7. The van der Waals surface area contributed by atoms with E-state index in [1.165, 1.54) is 0 Å². The van der Waals surface area contributed by atoms with Crippen molar-refractivity contribution in [3.63, 3.8) is 0 Å². The molecule has 3 amide bonds. The quantitative estimate of drug-likeness (QED) is 0.219. The van der Waals surface area contributed by atoms with Crippen LogP contribution >= 0.6 is 0 Å². The van der Waals surface area contributed by atoms with Crippen molar-refractivity contribution in [1.29, 1.82) is 0 Å². The van der Waals surface area contributed by atoms with Crippen molar-refractivity contribution in [2.45, 2.75) is 78.4 Å². The Morgan fingerprint density at radius 1 is 0.979 bits per heavy atom. The summed E-state index contributed by atoms with van der Waals surface area (Å²) in [5, 5.41) is 17.6. The third kappa shape index (κ3) is 8.62. The molecule has 1 aromatic carbocycles. The summed E-state index contributed by atoms with van der Waals surface area (Å²) in [5.74, 6) is 1.52. The van der Waals surface area contributed by atoms with Crippen LogP contribution in [0.5, 0.6) is 5.75 Å². The van der Waals surface area contributed by atoms with Crippen LogP contribution in [0.2, 0.25) is 0 Å². The van der Waals surface area contributed by atoms with Crippen LogP contribution in [0, 0.1) is 5.41 Å². The van der Waals surface area contributed by atoms with Gasteiger partial charge in [-0.2, -0.15) is 0 Å². The number of benzene rings is 1. The molecule has 0 aliphatic heterocycles. The number of anilines is 1. The number of nitrogens with zero attached hydrogens (tertiary/aromatic N) is 6. The highest BCUT2D eigenvalue weighted by atomic mass is 16.5. The van der Waals surface area contributed by atoms with Gasteiger partial charge in [-0.1, -0.05) is 65.8 Å². The van der Waals surface area contributed by atoms with Gasteiger partial charge in [0.1, 0.15) is 23.5 Å². The van der Waals surface area contributed by atoms with Crippen LogP contribution < -0.4 is 20.7 Å². The normalized spacial score (nSPS) is 16.5. The average Bonchev–Trinajstić information content (AvgIpc) is 3.37. The first kappa shape index (κ1) is 33.8. The molecule has 47 heavy (non-hydrogen) atoms. The predicted molar refractivity (Wildman–Crippen MR) is 182 cm³/mol. The number of nitrogens with one attached hydrogen (secondary N) is 3. The molecule has 5 rings (SSSR count). The van der Waals surface area contributed by atoms with Crippen molar-refractivity contribution >= 4 is 23.4 Å². The number of amides is 3. The molecule has 0 spiro atoms. The molecule has 12 nitrogen and oxygen atoms in total. The average molecular weight is 642 g/mol. The number of hydrogen-bond acceptors (Lipinski definition) is 8. The Morgan fingerprint density at radius 3 is 2.43 bits per heavy atom. The zero-order chi connectivity index (χ0) is 33.9. The summed E-state index contributed by atoms with van der Waals surface area (Å²) in [7, 11) is 3.87. The summed E-state index contributed by atoms with van der Waals surface area (Å²) in [6.07, 6.45) is 3.95. The van der Waals surface area contributed by atoms with E-state index in [-0.39, 0.29) is 40.5 Å². The van der Waals surface area contributed by atoms with E-state index in [9.17, 15) is 9.59 Å². The van der Waals surface area contributed by atoms with Crippen LogP contribution in [-0.4, -0.2) is 68.6 Å². The molecular weight excluding hydrogens is 594 g/mol. The molecule has 0 radical (unpaired) electrons. The standard InChI is InChI=1S/C35H47N9O3/c1-34(2,3)20-30-42-41-29-16-13-22(21-44(29)30)47-26-15-14-25(23-11-9-10-12-24(23)26)37-33(46)40-28-19-27(35(4,5)6)38-31(39-28)32(45)36-17-18-43(7)8/h9-13,16,19,21,25-26H,14-15,17-18,20H2,1-8H3,(H,36,45)(H2,37,38,39,40,46)/t25-,26+/m0/s1. The van der Waals surface area contributed by atoms with E-state index < -0.39 is 6.03 Å². The third-order valence-corrected chi connectivity index (χ3v) is 7.94. The molecule has 250 valence electrons. The fraction of sp³-hybridized carbons (Fsp3) is 0.486. The summed E-state index contributed by atoms with van der Waals surface area (Å²) >= 11 is 0. The zero-order valence-electron chi connectivity index (χ0n) is 28.7. The Labute approximate surface area is 276 Å². The fourth-order valence-corrected chi connectivity index (χ4v) is 5.55. The first-order valence-electron chi connectivity index (χ1n) is 16.2. The van der Waals surface area contributed by atoms with Crippen molar-refractivity contribution in [2.75, 3.05) is 32.5 Å². The van der Waals surface area contributed by atoms with Crippen LogP contribution in [0.3, 0.4) is 0 Å². The minimum absolute atomic E-state index is 0.0182.